The number of nitro groups is 1. The summed E-state index contributed by atoms with van der Waals surface area (Å²) in [6.07, 6.45) is 5.20. The van der Waals surface area contributed by atoms with E-state index in [0.29, 0.717) is 12.8 Å². The summed E-state index contributed by atoms with van der Waals surface area (Å²) in [5.74, 6) is -0.724. The molecule has 0 amide bonds. The zero-order valence-electron chi connectivity index (χ0n) is 21.4. The monoisotopic (exact) mass is 516 g/mol. The van der Waals surface area contributed by atoms with Gasteiger partial charge in [0.15, 0.2) is 5.03 Å². The molecule has 196 valence electrons. The average molecular weight is 517 g/mol. The number of thioether (sulfide) groups is 1. The Bertz CT molecular complexity index is 1080. The predicted molar refractivity (Wildman–Crippen MR) is 136 cm³/mol. The summed E-state index contributed by atoms with van der Waals surface area (Å²) in [6, 6.07) is 2.83. The molecule has 0 radical (unpaired) electrons. The van der Waals surface area contributed by atoms with E-state index in [9.17, 15) is 24.8 Å². The van der Waals surface area contributed by atoms with Crippen molar-refractivity contribution in [2.24, 2.45) is 34.0 Å². The Balaban J connectivity index is 1.68. The number of aromatic nitrogens is 1. The molecule has 0 unspecified atom stereocenters. The lowest BCUT2D eigenvalue weighted by Crippen LogP contribution is -2.63. The lowest BCUT2D eigenvalue weighted by Gasteiger charge is -2.61. The summed E-state index contributed by atoms with van der Waals surface area (Å²) in [5.41, 5.74) is -1.80. The second-order valence-corrected chi connectivity index (χ2v) is 12.4. The van der Waals surface area contributed by atoms with Crippen LogP contribution >= 0.6 is 11.8 Å². The first-order valence-corrected chi connectivity index (χ1v) is 13.7. The minimum absolute atomic E-state index is 0.0966. The highest BCUT2D eigenvalue weighted by atomic mass is 32.2. The van der Waals surface area contributed by atoms with Crippen LogP contribution in [0.15, 0.2) is 36.0 Å². The van der Waals surface area contributed by atoms with E-state index in [1.54, 1.807) is 6.08 Å². The number of aliphatic hydroxyl groups is 1. The van der Waals surface area contributed by atoms with Crippen molar-refractivity contribution < 1.29 is 24.4 Å². The molecule has 3 saturated carbocycles. The van der Waals surface area contributed by atoms with Crippen LogP contribution in [0.2, 0.25) is 0 Å². The van der Waals surface area contributed by atoms with E-state index in [1.165, 1.54) is 18.3 Å². The molecule has 1 heterocycles. The van der Waals surface area contributed by atoms with Crippen molar-refractivity contribution >= 4 is 29.2 Å². The SMILES string of the molecule is C=C[C@]1(C)C[C@@H](OC(=O)CSc2ncccc2[N+](=O)[O-])[C@]2(C)[C@H](C)CC[C@]3(CCC(=O)[C@H]32)[C@@H](C)[C@@H]1O. The fourth-order valence-electron chi connectivity index (χ4n) is 7.45. The van der Waals surface area contributed by atoms with Gasteiger partial charge < -0.3 is 9.84 Å². The standard InChI is InChI=1S/C27H36N2O6S/c1-6-25(4)14-20(35-21(31)15-36-24-18(29(33)34)8-7-13-28-24)26(5)16(2)9-11-27(17(3)23(25)32)12-10-19(30)22(26)27/h6-8,13,16-17,20,22-23,32H,1,9-12,14-15H2,2-5H3/t16-,17+,20-,22+,23+,25-,26+,27+/m1/s1. The zero-order valence-corrected chi connectivity index (χ0v) is 22.3. The predicted octanol–water partition coefficient (Wildman–Crippen LogP) is 4.99. The van der Waals surface area contributed by atoms with Crippen LogP contribution in [-0.4, -0.2) is 44.7 Å². The maximum atomic E-state index is 13.4. The van der Waals surface area contributed by atoms with Crippen LogP contribution in [0.1, 0.15) is 59.8 Å². The normalized spacial score (nSPS) is 40.0. The molecule has 8 nitrogen and oxygen atoms in total. The van der Waals surface area contributed by atoms with Crippen LogP contribution in [0, 0.1) is 44.1 Å². The van der Waals surface area contributed by atoms with Crippen LogP contribution in [0.3, 0.4) is 0 Å². The Morgan fingerprint density at radius 3 is 2.78 bits per heavy atom. The lowest BCUT2D eigenvalue weighted by atomic mass is 9.44. The van der Waals surface area contributed by atoms with E-state index in [1.807, 2.05) is 6.92 Å². The highest BCUT2D eigenvalue weighted by Gasteiger charge is 2.68. The van der Waals surface area contributed by atoms with Crippen molar-refractivity contribution in [3.05, 3.63) is 41.1 Å². The molecule has 1 N–H and O–H groups in total. The molecule has 0 aromatic carbocycles. The van der Waals surface area contributed by atoms with Gasteiger partial charge in [-0.3, -0.25) is 19.7 Å². The molecule has 3 fully saturated rings. The smallest absolute Gasteiger partial charge is 0.316 e. The Hall–Kier alpha value is -2.26. The van der Waals surface area contributed by atoms with Crippen LogP contribution in [0.25, 0.3) is 0 Å². The summed E-state index contributed by atoms with van der Waals surface area (Å²) < 4.78 is 6.17. The van der Waals surface area contributed by atoms with Gasteiger partial charge in [0, 0.05) is 35.4 Å². The molecule has 9 heteroatoms. The average Bonchev–Trinajstić information content (AvgIpc) is 3.21. The van der Waals surface area contributed by atoms with Crippen LogP contribution in [-0.2, 0) is 14.3 Å². The molecule has 8 atom stereocenters. The van der Waals surface area contributed by atoms with E-state index < -0.39 is 33.9 Å². The third-order valence-electron chi connectivity index (χ3n) is 9.85. The van der Waals surface area contributed by atoms with Gasteiger partial charge in [-0.2, -0.15) is 0 Å². The van der Waals surface area contributed by atoms with E-state index in [-0.39, 0.29) is 45.4 Å². The third kappa shape index (κ3) is 4.08. The Morgan fingerprint density at radius 1 is 1.39 bits per heavy atom. The van der Waals surface area contributed by atoms with Gasteiger partial charge >= 0.3 is 11.7 Å². The summed E-state index contributed by atoms with van der Waals surface area (Å²) in [6.45, 7) is 12.3. The topological polar surface area (TPSA) is 120 Å². The number of Topliss-reactive ketones (excluding diaryl/α,β-unsaturated/α-hetero) is 1. The number of hydrogen-bond donors (Lipinski definition) is 1. The quantitative estimate of drug-likeness (QED) is 0.185. The molecule has 0 spiro atoms. The van der Waals surface area contributed by atoms with E-state index in [2.05, 4.69) is 32.3 Å². The maximum Gasteiger partial charge on any atom is 0.316 e. The van der Waals surface area contributed by atoms with Crippen LogP contribution in [0.5, 0.6) is 0 Å². The van der Waals surface area contributed by atoms with Crippen molar-refractivity contribution in [3.8, 4) is 0 Å². The van der Waals surface area contributed by atoms with Gasteiger partial charge in [-0.25, -0.2) is 4.98 Å². The molecular weight excluding hydrogens is 480 g/mol. The molecule has 2 bridgehead atoms. The number of ether oxygens (including phenoxy) is 1. The second-order valence-electron chi connectivity index (χ2n) is 11.4. The molecular formula is C27H36N2O6S. The molecule has 3 aliphatic rings. The van der Waals surface area contributed by atoms with Gasteiger partial charge in [0.1, 0.15) is 11.9 Å². The van der Waals surface area contributed by atoms with Gasteiger partial charge in [-0.1, -0.05) is 45.5 Å². The number of carbonyl (C=O) groups excluding carboxylic acids is 2. The van der Waals surface area contributed by atoms with Crippen molar-refractivity contribution in [3.63, 3.8) is 0 Å². The Kier molecular flexibility index (Phi) is 7.11. The molecule has 3 aliphatic carbocycles. The molecule has 4 rings (SSSR count). The first-order chi connectivity index (χ1) is 16.9. The maximum absolute atomic E-state index is 13.4. The summed E-state index contributed by atoms with van der Waals surface area (Å²) >= 11 is 0.966. The molecule has 36 heavy (non-hydrogen) atoms. The lowest BCUT2D eigenvalue weighted by molar-refractivity contribution is -0.388. The van der Waals surface area contributed by atoms with E-state index >= 15 is 0 Å². The highest BCUT2D eigenvalue weighted by molar-refractivity contribution is 8.00. The van der Waals surface area contributed by atoms with Gasteiger partial charge in [-0.15, -0.1) is 6.58 Å². The van der Waals surface area contributed by atoms with E-state index in [0.717, 1.165) is 31.0 Å². The fraction of sp³-hybridized carbons (Fsp3) is 0.667. The number of esters is 1. The van der Waals surface area contributed by atoms with Crippen LogP contribution in [0.4, 0.5) is 5.69 Å². The number of pyridine rings is 1. The van der Waals surface area contributed by atoms with Gasteiger partial charge in [0.2, 0.25) is 0 Å². The summed E-state index contributed by atoms with van der Waals surface area (Å²) in [5, 5.41) is 23.1. The number of nitrogens with zero attached hydrogens (tertiary/aromatic N) is 2. The van der Waals surface area contributed by atoms with Gasteiger partial charge in [-0.05, 0) is 49.0 Å². The number of hydrogen-bond acceptors (Lipinski definition) is 8. The van der Waals surface area contributed by atoms with Gasteiger partial charge in [0.05, 0.1) is 16.8 Å². The van der Waals surface area contributed by atoms with Crippen molar-refractivity contribution in [1.29, 1.82) is 0 Å². The first-order valence-electron chi connectivity index (χ1n) is 12.7. The number of ketones is 1. The largest absolute Gasteiger partial charge is 0.461 e. The zero-order chi connectivity index (χ0) is 26.5. The van der Waals surface area contributed by atoms with Crippen molar-refractivity contribution in [1.82, 2.24) is 4.98 Å². The highest BCUT2D eigenvalue weighted by Crippen LogP contribution is 2.68. The molecule has 1 aromatic heterocycles. The fourth-order valence-corrected chi connectivity index (χ4v) is 8.20. The van der Waals surface area contributed by atoms with Crippen molar-refractivity contribution in [2.75, 3.05) is 5.75 Å². The van der Waals surface area contributed by atoms with Crippen molar-refractivity contribution in [2.45, 2.75) is 77.0 Å². The minimum Gasteiger partial charge on any atom is -0.461 e. The Morgan fingerprint density at radius 2 is 2.11 bits per heavy atom. The summed E-state index contributed by atoms with van der Waals surface area (Å²) in [7, 11) is 0. The minimum atomic E-state index is -0.729. The van der Waals surface area contributed by atoms with Gasteiger partial charge in [0.25, 0.3) is 0 Å². The third-order valence-corrected chi connectivity index (χ3v) is 10.8. The summed E-state index contributed by atoms with van der Waals surface area (Å²) in [4.78, 5) is 41.5. The second kappa shape index (κ2) is 9.56. The van der Waals surface area contributed by atoms with E-state index in [4.69, 9.17) is 4.74 Å². The molecule has 0 aliphatic heterocycles. The number of rotatable bonds is 6. The van der Waals surface area contributed by atoms with Crippen LogP contribution < -0.4 is 0 Å². The molecule has 0 saturated heterocycles. The first kappa shape index (κ1) is 26.8. The number of carbonyl (C=O) groups is 2. The number of aliphatic hydroxyl groups excluding tert-OH is 1. The molecule has 1 aromatic rings. The Labute approximate surface area is 216 Å².